The Hall–Kier alpha value is -0.120. The normalized spacial score (nSPS) is 36.2. The van der Waals surface area contributed by atoms with Crippen molar-refractivity contribution in [1.82, 2.24) is 10.2 Å². The average Bonchev–Trinajstić information content (AvgIpc) is 2.26. The summed E-state index contributed by atoms with van der Waals surface area (Å²) in [6, 6.07) is 0.759. The molecule has 0 aromatic carbocycles. The van der Waals surface area contributed by atoms with Gasteiger partial charge < -0.3 is 15.0 Å². The number of fused-ring (bicyclic) bond motifs is 3. The second-order valence-corrected chi connectivity index (χ2v) is 4.55. The molecule has 0 radical (unpaired) electrons. The number of rotatable bonds is 5. The van der Waals surface area contributed by atoms with Gasteiger partial charge in [0.1, 0.15) is 0 Å². The van der Waals surface area contributed by atoms with Gasteiger partial charge in [0.05, 0.1) is 0 Å². The van der Waals surface area contributed by atoms with Gasteiger partial charge in [0.2, 0.25) is 0 Å². The van der Waals surface area contributed by atoms with Crippen LogP contribution in [0.3, 0.4) is 0 Å². The van der Waals surface area contributed by atoms with Gasteiger partial charge in [-0.25, -0.2) is 0 Å². The highest BCUT2D eigenvalue weighted by atomic mass is 16.5. The summed E-state index contributed by atoms with van der Waals surface area (Å²) in [4.78, 5) is 2.59. The molecule has 0 amide bonds. The van der Waals surface area contributed by atoms with E-state index in [0.29, 0.717) is 0 Å². The van der Waals surface area contributed by atoms with Crippen molar-refractivity contribution in [2.45, 2.75) is 25.3 Å². The van der Waals surface area contributed by atoms with E-state index in [1.807, 2.05) is 0 Å². The van der Waals surface area contributed by atoms with E-state index in [1.165, 1.54) is 32.5 Å². The maximum Gasteiger partial charge on any atom is 0.0474 e. The molecule has 3 aliphatic rings. The zero-order chi connectivity index (χ0) is 9.80. The maximum atomic E-state index is 5.04. The lowest BCUT2D eigenvalue weighted by molar-refractivity contribution is 0.0715. The number of hydrogen-bond donors (Lipinski definition) is 1. The molecule has 3 saturated heterocycles. The van der Waals surface area contributed by atoms with E-state index in [2.05, 4.69) is 10.2 Å². The molecule has 3 heteroatoms. The molecule has 82 valence electrons. The van der Waals surface area contributed by atoms with E-state index in [1.54, 1.807) is 7.11 Å². The Balaban J connectivity index is 1.66. The molecule has 0 aromatic heterocycles. The SMILES string of the molecule is COCCCNC1CN2CCC1CC2. The van der Waals surface area contributed by atoms with E-state index in [-0.39, 0.29) is 0 Å². The third kappa shape index (κ3) is 2.47. The van der Waals surface area contributed by atoms with E-state index >= 15 is 0 Å². The van der Waals surface area contributed by atoms with Gasteiger partial charge in [-0.05, 0) is 44.8 Å². The van der Waals surface area contributed by atoms with Crippen LogP contribution in [0.25, 0.3) is 0 Å². The lowest BCUT2D eigenvalue weighted by Crippen LogP contribution is -2.56. The lowest BCUT2D eigenvalue weighted by atomic mass is 9.84. The van der Waals surface area contributed by atoms with E-state index in [4.69, 9.17) is 4.74 Å². The van der Waals surface area contributed by atoms with Crippen LogP contribution in [0.4, 0.5) is 0 Å². The van der Waals surface area contributed by atoms with Crippen LogP contribution in [0.15, 0.2) is 0 Å². The highest BCUT2D eigenvalue weighted by Crippen LogP contribution is 2.27. The standard InChI is InChI=1S/C11H22N2O/c1-14-8-2-5-12-11-9-13-6-3-10(11)4-7-13/h10-12H,2-9H2,1H3. The molecular weight excluding hydrogens is 176 g/mol. The van der Waals surface area contributed by atoms with Gasteiger partial charge >= 0.3 is 0 Å². The Morgan fingerprint density at radius 1 is 1.36 bits per heavy atom. The molecule has 0 spiro atoms. The van der Waals surface area contributed by atoms with Crippen molar-refractivity contribution in [1.29, 1.82) is 0 Å². The molecule has 2 bridgehead atoms. The van der Waals surface area contributed by atoms with Gasteiger partial charge in [-0.3, -0.25) is 0 Å². The van der Waals surface area contributed by atoms with Crippen molar-refractivity contribution < 1.29 is 4.74 Å². The quantitative estimate of drug-likeness (QED) is 0.658. The lowest BCUT2D eigenvalue weighted by Gasteiger charge is -2.45. The molecule has 3 aliphatic heterocycles. The predicted molar refractivity (Wildman–Crippen MR) is 57.4 cm³/mol. The van der Waals surface area contributed by atoms with Crippen LogP contribution in [-0.4, -0.2) is 50.8 Å². The maximum absolute atomic E-state index is 5.04. The highest BCUT2D eigenvalue weighted by molar-refractivity contribution is 4.90. The fraction of sp³-hybridized carbons (Fsp3) is 1.00. The first kappa shape index (κ1) is 10.4. The van der Waals surface area contributed by atoms with Gasteiger partial charge in [-0.2, -0.15) is 0 Å². The first-order chi connectivity index (χ1) is 6.90. The molecule has 1 unspecified atom stereocenters. The van der Waals surface area contributed by atoms with Crippen LogP contribution in [0.1, 0.15) is 19.3 Å². The minimum atomic E-state index is 0.759. The average molecular weight is 198 g/mol. The number of nitrogens with zero attached hydrogens (tertiary/aromatic N) is 1. The largest absolute Gasteiger partial charge is 0.385 e. The molecule has 3 heterocycles. The summed E-state index contributed by atoms with van der Waals surface area (Å²) in [6.45, 7) is 5.94. The minimum absolute atomic E-state index is 0.759. The summed E-state index contributed by atoms with van der Waals surface area (Å²) in [5, 5.41) is 3.67. The van der Waals surface area contributed by atoms with Gasteiger partial charge in [-0.1, -0.05) is 0 Å². The number of ether oxygens (including phenoxy) is 1. The molecule has 3 nitrogen and oxygen atoms in total. The molecule has 0 aromatic rings. The van der Waals surface area contributed by atoms with E-state index in [9.17, 15) is 0 Å². The second-order valence-electron chi connectivity index (χ2n) is 4.55. The number of hydrogen-bond acceptors (Lipinski definition) is 3. The molecular formula is C11H22N2O. The number of piperidine rings is 3. The minimum Gasteiger partial charge on any atom is -0.385 e. The van der Waals surface area contributed by atoms with Crippen molar-refractivity contribution in [2.24, 2.45) is 5.92 Å². The molecule has 0 saturated carbocycles. The van der Waals surface area contributed by atoms with Crippen LogP contribution < -0.4 is 5.32 Å². The first-order valence-electron chi connectivity index (χ1n) is 5.85. The van der Waals surface area contributed by atoms with Crippen molar-refractivity contribution in [2.75, 3.05) is 39.9 Å². The van der Waals surface area contributed by atoms with E-state index in [0.717, 1.165) is 31.5 Å². The van der Waals surface area contributed by atoms with Gasteiger partial charge in [0.15, 0.2) is 0 Å². The highest BCUT2D eigenvalue weighted by Gasteiger charge is 2.33. The summed E-state index contributed by atoms with van der Waals surface area (Å²) in [5.41, 5.74) is 0. The van der Waals surface area contributed by atoms with Crippen LogP contribution in [-0.2, 0) is 4.74 Å². The molecule has 3 rings (SSSR count). The zero-order valence-corrected chi connectivity index (χ0v) is 9.17. The second kappa shape index (κ2) is 5.10. The van der Waals surface area contributed by atoms with Crippen LogP contribution in [0, 0.1) is 5.92 Å². The summed E-state index contributed by atoms with van der Waals surface area (Å²) >= 11 is 0. The Labute approximate surface area is 86.8 Å². The Morgan fingerprint density at radius 2 is 2.14 bits per heavy atom. The number of nitrogens with one attached hydrogen (secondary N) is 1. The van der Waals surface area contributed by atoms with Crippen molar-refractivity contribution in [3.8, 4) is 0 Å². The van der Waals surface area contributed by atoms with Crippen molar-refractivity contribution in [3.63, 3.8) is 0 Å². The summed E-state index contributed by atoms with van der Waals surface area (Å²) in [7, 11) is 1.77. The van der Waals surface area contributed by atoms with Crippen LogP contribution >= 0.6 is 0 Å². The van der Waals surface area contributed by atoms with Crippen LogP contribution in [0.5, 0.6) is 0 Å². The van der Waals surface area contributed by atoms with Gasteiger partial charge in [0.25, 0.3) is 0 Å². The zero-order valence-electron chi connectivity index (χ0n) is 9.17. The molecule has 3 fully saturated rings. The fourth-order valence-electron chi connectivity index (χ4n) is 2.70. The summed E-state index contributed by atoms with van der Waals surface area (Å²) < 4.78 is 5.04. The van der Waals surface area contributed by atoms with Gasteiger partial charge in [-0.15, -0.1) is 0 Å². The van der Waals surface area contributed by atoms with E-state index < -0.39 is 0 Å². The topological polar surface area (TPSA) is 24.5 Å². The molecule has 14 heavy (non-hydrogen) atoms. The molecule has 0 aliphatic carbocycles. The fourth-order valence-corrected chi connectivity index (χ4v) is 2.70. The monoisotopic (exact) mass is 198 g/mol. The predicted octanol–water partition coefficient (Wildman–Crippen LogP) is 0.707. The van der Waals surface area contributed by atoms with Crippen molar-refractivity contribution in [3.05, 3.63) is 0 Å². The van der Waals surface area contributed by atoms with Crippen LogP contribution in [0.2, 0.25) is 0 Å². The first-order valence-corrected chi connectivity index (χ1v) is 5.85. The number of methoxy groups -OCH3 is 1. The van der Waals surface area contributed by atoms with Crippen molar-refractivity contribution >= 4 is 0 Å². The summed E-state index contributed by atoms with van der Waals surface area (Å²) in [5.74, 6) is 0.947. The smallest absolute Gasteiger partial charge is 0.0474 e. The third-order valence-corrected chi connectivity index (χ3v) is 3.59. The van der Waals surface area contributed by atoms with Gasteiger partial charge in [0, 0.05) is 26.3 Å². The third-order valence-electron chi connectivity index (χ3n) is 3.59. The Kier molecular flexibility index (Phi) is 3.79. The Morgan fingerprint density at radius 3 is 2.71 bits per heavy atom. The molecule has 1 atom stereocenters. The Bertz CT molecular complexity index is 167. The summed E-state index contributed by atoms with van der Waals surface area (Å²) in [6.07, 6.45) is 3.95. The molecule has 1 N–H and O–H groups in total.